The van der Waals surface area contributed by atoms with Crippen LogP contribution in [0.4, 0.5) is 11.4 Å². The number of aliphatic imine (C=N–C) groups is 2. The summed E-state index contributed by atoms with van der Waals surface area (Å²) in [6.45, 7) is 6.07. The van der Waals surface area contributed by atoms with Crippen LogP contribution in [0.5, 0.6) is 0 Å². The van der Waals surface area contributed by atoms with E-state index in [4.69, 9.17) is 0 Å². The maximum absolute atomic E-state index is 4.04. The van der Waals surface area contributed by atoms with E-state index in [0.29, 0.717) is 0 Å². The molecule has 6 heteroatoms. The number of hydrogen-bond donors (Lipinski definition) is 0. The third-order valence-electron chi connectivity index (χ3n) is 6.26. The van der Waals surface area contributed by atoms with Crippen LogP contribution in [0, 0.1) is 0 Å². The van der Waals surface area contributed by atoms with Crippen LogP contribution in [-0.4, -0.2) is 65.2 Å². The van der Waals surface area contributed by atoms with Crippen LogP contribution in [0.25, 0.3) is 12.2 Å². The summed E-state index contributed by atoms with van der Waals surface area (Å²) >= 11 is 0. The van der Waals surface area contributed by atoms with Gasteiger partial charge in [-0.2, -0.15) is 0 Å². The van der Waals surface area contributed by atoms with Crippen molar-refractivity contribution in [3.63, 3.8) is 0 Å². The Balaban J connectivity index is 1.73. The number of allylic oxidation sites excluding steroid dienone is 10. The van der Waals surface area contributed by atoms with Crippen molar-refractivity contribution >= 4 is 57.5 Å². The fourth-order valence-electron chi connectivity index (χ4n) is 3.83. The predicted octanol–water partition coefficient (Wildman–Crippen LogP) is 9.07. The summed E-state index contributed by atoms with van der Waals surface area (Å²) < 4.78 is 0. The molecule has 2 rings (SSSR count). The second kappa shape index (κ2) is 21.3. The molecule has 0 bridgehead atoms. The Morgan fingerprint density at radius 3 is 1.33 bits per heavy atom. The SMILES string of the molecule is C\C=C/C(/C=C/c1ccc(N(C)CCSSCCN(C)c2ccc(/C=C/C(/C=C\C)=C/C=N/C)cc2)cc1)=C\C=N\C. The minimum Gasteiger partial charge on any atom is -0.374 e. The van der Waals surface area contributed by atoms with Crippen molar-refractivity contribution in [2.45, 2.75) is 13.8 Å². The predicted molar refractivity (Wildman–Crippen MR) is 197 cm³/mol. The molecule has 0 aliphatic rings. The maximum atomic E-state index is 4.04. The summed E-state index contributed by atoms with van der Waals surface area (Å²) in [7, 11) is 11.8. The molecule has 0 fully saturated rings. The number of benzene rings is 2. The van der Waals surface area contributed by atoms with Crippen LogP contribution in [-0.2, 0) is 0 Å². The van der Waals surface area contributed by atoms with Gasteiger partial charge in [0.25, 0.3) is 0 Å². The smallest absolute Gasteiger partial charge is 0.0364 e. The zero-order valence-corrected chi connectivity index (χ0v) is 27.6. The largest absolute Gasteiger partial charge is 0.374 e. The molecule has 0 amide bonds. The summed E-state index contributed by atoms with van der Waals surface area (Å²) in [5.41, 5.74) is 7.09. The Labute approximate surface area is 262 Å². The van der Waals surface area contributed by atoms with Crippen LogP contribution >= 0.6 is 21.6 Å². The van der Waals surface area contributed by atoms with E-state index in [1.54, 1.807) is 14.1 Å². The third-order valence-corrected chi connectivity index (χ3v) is 8.62. The minimum atomic E-state index is 1.01. The third kappa shape index (κ3) is 13.9. The van der Waals surface area contributed by atoms with Gasteiger partial charge < -0.3 is 9.80 Å². The van der Waals surface area contributed by atoms with Crippen LogP contribution in [0.2, 0.25) is 0 Å². The topological polar surface area (TPSA) is 31.2 Å². The van der Waals surface area contributed by atoms with Gasteiger partial charge in [0.1, 0.15) is 0 Å². The van der Waals surface area contributed by atoms with Gasteiger partial charge >= 0.3 is 0 Å². The lowest BCUT2D eigenvalue weighted by Gasteiger charge is -2.20. The first-order valence-electron chi connectivity index (χ1n) is 14.2. The van der Waals surface area contributed by atoms with Crippen LogP contribution in [0.15, 0.2) is 118 Å². The minimum absolute atomic E-state index is 1.01. The molecule has 0 spiro atoms. The number of nitrogens with zero attached hydrogens (tertiary/aromatic N) is 4. The standard InChI is InChI=1S/C36H46N4S2/c1-7-9-31(23-25-37-3)11-13-33-15-19-35(20-16-33)39(5)27-29-41-42-30-28-40(6)36-21-17-34(18-22-36)14-12-32(10-8-2)24-26-38-4/h7-26H,27-30H2,1-6H3/b9-7-,10-8-,13-11+,14-12+,31-23+,32-24+,37-25+,38-26+. The molecule has 0 N–H and O–H groups in total. The molecule has 0 unspecified atom stereocenters. The molecule has 222 valence electrons. The molecule has 2 aromatic rings. The molecule has 0 aliphatic carbocycles. The molecule has 2 aromatic carbocycles. The molecular weight excluding hydrogens is 553 g/mol. The number of hydrogen-bond acceptors (Lipinski definition) is 6. The molecule has 42 heavy (non-hydrogen) atoms. The number of anilines is 2. The van der Waals surface area contributed by atoms with E-state index in [0.717, 1.165) is 35.7 Å². The van der Waals surface area contributed by atoms with Crippen molar-refractivity contribution in [2.24, 2.45) is 9.98 Å². The van der Waals surface area contributed by atoms with E-state index in [9.17, 15) is 0 Å². The summed E-state index contributed by atoms with van der Waals surface area (Å²) in [6.07, 6.45) is 24.4. The van der Waals surface area contributed by atoms with Gasteiger partial charge in [-0.05, 0) is 72.5 Å². The molecule has 0 aliphatic heterocycles. The monoisotopic (exact) mass is 598 g/mol. The normalized spacial score (nSPS) is 13.3. The van der Waals surface area contributed by atoms with Crippen molar-refractivity contribution in [2.75, 3.05) is 62.6 Å². The lowest BCUT2D eigenvalue weighted by Crippen LogP contribution is -2.21. The average Bonchev–Trinajstić information content (AvgIpc) is 3.01. The first kappa shape index (κ1) is 34.7. The van der Waals surface area contributed by atoms with E-state index < -0.39 is 0 Å². The van der Waals surface area contributed by atoms with E-state index in [2.05, 4.69) is 119 Å². The highest BCUT2D eigenvalue weighted by Gasteiger charge is 2.03. The molecule has 0 saturated carbocycles. The Kier molecular flexibility index (Phi) is 17.6. The first-order valence-corrected chi connectivity index (χ1v) is 16.7. The first-order chi connectivity index (χ1) is 20.5. The van der Waals surface area contributed by atoms with Crippen molar-refractivity contribution in [3.05, 3.63) is 119 Å². The fraction of sp³-hybridized carbons (Fsp3) is 0.278. The van der Waals surface area contributed by atoms with Crippen LogP contribution in [0.1, 0.15) is 25.0 Å². The van der Waals surface area contributed by atoms with Gasteiger partial charge in [0.2, 0.25) is 0 Å². The van der Waals surface area contributed by atoms with Gasteiger partial charge in [-0.3, -0.25) is 9.98 Å². The Morgan fingerprint density at radius 1 is 0.619 bits per heavy atom. The summed E-state index contributed by atoms with van der Waals surface area (Å²) in [5.74, 6) is 2.16. The maximum Gasteiger partial charge on any atom is 0.0364 e. The van der Waals surface area contributed by atoms with Crippen molar-refractivity contribution in [1.29, 1.82) is 0 Å². The fourth-order valence-corrected chi connectivity index (χ4v) is 5.92. The molecule has 0 saturated heterocycles. The highest BCUT2D eigenvalue weighted by atomic mass is 33.1. The lowest BCUT2D eigenvalue weighted by atomic mass is 10.1. The summed E-state index contributed by atoms with van der Waals surface area (Å²) in [4.78, 5) is 12.7. The Morgan fingerprint density at radius 2 is 1.00 bits per heavy atom. The second-order valence-electron chi connectivity index (χ2n) is 9.48. The highest BCUT2D eigenvalue weighted by Crippen LogP contribution is 2.24. The highest BCUT2D eigenvalue weighted by molar-refractivity contribution is 8.76. The van der Waals surface area contributed by atoms with Gasteiger partial charge in [0.05, 0.1) is 0 Å². The average molecular weight is 599 g/mol. The summed E-state index contributed by atoms with van der Waals surface area (Å²) in [6, 6.07) is 17.5. The van der Waals surface area contributed by atoms with Crippen LogP contribution in [0.3, 0.4) is 0 Å². The van der Waals surface area contributed by atoms with E-state index in [-0.39, 0.29) is 0 Å². The van der Waals surface area contributed by atoms with Crippen molar-refractivity contribution < 1.29 is 0 Å². The van der Waals surface area contributed by atoms with E-state index in [1.165, 1.54) is 22.5 Å². The number of rotatable bonds is 17. The van der Waals surface area contributed by atoms with Gasteiger partial charge in [-0.1, -0.05) is 94.5 Å². The van der Waals surface area contributed by atoms with Gasteiger partial charge in [0, 0.05) is 76.6 Å². The van der Waals surface area contributed by atoms with E-state index in [1.807, 2.05) is 72.2 Å². The molecule has 0 atom stereocenters. The Bertz CT molecular complexity index is 1180. The zero-order valence-electron chi connectivity index (χ0n) is 26.0. The van der Waals surface area contributed by atoms with Crippen molar-refractivity contribution in [3.8, 4) is 0 Å². The zero-order chi connectivity index (χ0) is 30.4. The molecule has 0 radical (unpaired) electrons. The second-order valence-corrected chi connectivity index (χ2v) is 12.2. The molecule has 4 nitrogen and oxygen atoms in total. The Hall–Kier alpha value is -3.48. The summed E-state index contributed by atoms with van der Waals surface area (Å²) in [5, 5.41) is 0. The molecular formula is C36H46N4S2. The van der Waals surface area contributed by atoms with Gasteiger partial charge in [0.15, 0.2) is 0 Å². The van der Waals surface area contributed by atoms with Crippen molar-refractivity contribution in [1.82, 2.24) is 0 Å². The van der Waals surface area contributed by atoms with Crippen LogP contribution < -0.4 is 9.80 Å². The molecule has 0 heterocycles. The van der Waals surface area contributed by atoms with E-state index >= 15 is 0 Å². The lowest BCUT2D eigenvalue weighted by molar-refractivity contribution is 0.977. The quantitative estimate of drug-likeness (QED) is 0.0787. The van der Waals surface area contributed by atoms with Gasteiger partial charge in [-0.15, -0.1) is 0 Å². The molecule has 0 aromatic heterocycles. The van der Waals surface area contributed by atoms with Gasteiger partial charge in [-0.25, -0.2) is 0 Å².